The Hall–Kier alpha value is -0.390. The third-order valence-corrected chi connectivity index (χ3v) is 3.94. The summed E-state index contributed by atoms with van der Waals surface area (Å²) in [4.78, 5) is 6.50. The Morgan fingerprint density at radius 1 is 1.58 bits per heavy atom. The molecule has 1 aromatic rings. The van der Waals surface area contributed by atoms with E-state index in [0.29, 0.717) is 23.3 Å². The highest BCUT2D eigenvalue weighted by atomic mass is 35.5. The number of morpholine rings is 1. The summed E-state index contributed by atoms with van der Waals surface area (Å²) in [6.45, 7) is 6.84. The van der Waals surface area contributed by atoms with E-state index < -0.39 is 0 Å². The Bertz CT molecular complexity index is 431. The van der Waals surface area contributed by atoms with Gasteiger partial charge >= 0.3 is 0 Å². The molecular weight excluding hydrogens is 285 g/mol. The van der Waals surface area contributed by atoms with Gasteiger partial charge in [0.25, 0.3) is 0 Å². The van der Waals surface area contributed by atoms with Crippen LogP contribution in [0.1, 0.15) is 18.2 Å². The number of aryl methyl sites for hydroxylation is 1. The van der Waals surface area contributed by atoms with Crippen molar-refractivity contribution in [2.24, 2.45) is 5.73 Å². The second-order valence-corrected chi connectivity index (χ2v) is 5.78. The molecule has 2 rings (SSSR count). The minimum atomic E-state index is 0.0184. The Labute approximate surface area is 123 Å². The van der Waals surface area contributed by atoms with E-state index in [1.807, 2.05) is 19.9 Å². The van der Waals surface area contributed by atoms with Gasteiger partial charge in [-0.3, -0.25) is 4.90 Å². The maximum atomic E-state index is 6.25. The van der Waals surface area contributed by atoms with Crippen molar-refractivity contribution in [2.45, 2.75) is 32.5 Å². The second kappa shape index (κ2) is 6.37. The number of pyridine rings is 1. The van der Waals surface area contributed by atoms with Gasteiger partial charge in [0.1, 0.15) is 5.15 Å². The number of nitrogens with zero attached hydrogens (tertiary/aromatic N) is 2. The molecule has 0 saturated carbocycles. The third-order valence-electron chi connectivity index (χ3n) is 3.29. The number of halogens is 2. The van der Waals surface area contributed by atoms with E-state index >= 15 is 0 Å². The molecule has 0 bridgehead atoms. The lowest BCUT2D eigenvalue weighted by atomic mass is 10.1. The molecule has 1 aromatic heterocycles. The summed E-state index contributed by atoms with van der Waals surface area (Å²) in [5, 5.41) is 1.15. The average molecular weight is 304 g/mol. The van der Waals surface area contributed by atoms with Crippen LogP contribution in [0.2, 0.25) is 10.2 Å². The van der Waals surface area contributed by atoms with Crippen molar-refractivity contribution in [3.63, 3.8) is 0 Å². The minimum Gasteiger partial charge on any atom is -0.374 e. The van der Waals surface area contributed by atoms with Crippen LogP contribution in [-0.2, 0) is 11.3 Å². The van der Waals surface area contributed by atoms with E-state index in [2.05, 4.69) is 9.88 Å². The van der Waals surface area contributed by atoms with Crippen molar-refractivity contribution >= 4 is 23.2 Å². The number of aromatic nitrogens is 1. The van der Waals surface area contributed by atoms with Crippen molar-refractivity contribution in [1.29, 1.82) is 0 Å². The van der Waals surface area contributed by atoms with Crippen molar-refractivity contribution in [1.82, 2.24) is 9.88 Å². The molecule has 19 heavy (non-hydrogen) atoms. The molecule has 0 radical (unpaired) electrons. The molecule has 0 spiro atoms. The average Bonchev–Trinajstić information content (AvgIpc) is 2.34. The molecule has 6 heteroatoms. The van der Waals surface area contributed by atoms with E-state index in [0.717, 1.165) is 24.3 Å². The van der Waals surface area contributed by atoms with Crippen LogP contribution in [0.15, 0.2) is 6.07 Å². The molecular formula is C13H19Cl2N3O. The first-order chi connectivity index (χ1) is 8.97. The van der Waals surface area contributed by atoms with Gasteiger partial charge in [0.2, 0.25) is 0 Å². The number of rotatable bonds is 3. The first-order valence-electron chi connectivity index (χ1n) is 6.38. The molecule has 1 fully saturated rings. The molecule has 0 aliphatic carbocycles. The first kappa shape index (κ1) is 15.0. The molecule has 2 heterocycles. The number of ether oxygens (including phenoxy) is 1. The maximum absolute atomic E-state index is 6.25. The van der Waals surface area contributed by atoms with Gasteiger partial charge in [-0.2, -0.15) is 0 Å². The fraction of sp³-hybridized carbons (Fsp3) is 0.615. The van der Waals surface area contributed by atoms with Gasteiger partial charge in [-0.15, -0.1) is 0 Å². The van der Waals surface area contributed by atoms with Gasteiger partial charge in [-0.25, -0.2) is 4.98 Å². The van der Waals surface area contributed by atoms with Crippen LogP contribution in [0.3, 0.4) is 0 Å². The zero-order chi connectivity index (χ0) is 14.0. The number of hydrogen-bond acceptors (Lipinski definition) is 4. The monoisotopic (exact) mass is 303 g/mol. The summed E-state index contributed by atoms with van der Waals surface area (Å²) in [5.41, 5.74) is 7.59. The predicted molar refractivity (Wildman–Crippen MR) is 77.7 cm³/mol. The topological polar surface area (TPSA) is 51.4 Å². The standard InChI is InChI=1S/C13H19Cl2N3O/c1-8-5-11(14)10(13(15)17-8)6-18-3-4-19-12(7-18)9(2)16/h5,9,12H,3-4,6-7,16H2,1-2H3. The van der Waals surface area contributed by atoms with Crippen LogP contribution in [0.25, 0.3) is 0 Å². The molecule has 1 aliphatic heterocycles. The van der Waals surface area contributed by atoms with Crippen LogP contribution in [0, 0.1) is 6.92 Å². The molecule has 1 saturated heterocycles. The van der Waals surface area contributed by atoms with Gasteiger partial charge in [0.15, 0.2) is 0 Å². The van der Waals surface area contributed by atoms with Crippen LogP contribution in [-0.4, -0.2) is 41.7 Å². The molecule has 0 amide bonds. The van der Waals surface area contributed by atoms with Crippen LogP contribution in [0.4, 0.5) is 0 Å². The fourth-order valence-corrected chi connectivity index (χ4v) is 2.83. The summed E-state index contributed by atoms with van der Waals surface area (Å²) in [6.07, 6.45) is 0.0599. The quantitative estimate of drug-likeness (QED) is 0.870. The Kier molecular flexibility index (Phi) is 5.03. The first-order valence-corrected chi connectivity index (χ1v) is 7.14. The summed E-state index contributed by atoms with van der Waals surface area (Å²) in [7, 11) is 0. The molecule has 1 aliphatic rings. The van der Waals surface area contributed by atoms with E-state index in [1.165, 1.54) is 0 Å². The molecule has 0 aromatic carbocycles. The highest BCUT2D eigenvalue weighted by Gasteiger charge is 2.24. The van der Waals surface area contributed by atoms with E-state index in [9.17, 15) is 0 Å². The number of hydrogen-bond donors (Lipinski definition) is 1. The van der Waals surface area contributed by atoms with E-state index in [-0.39, 0.29) is 12.1 Å². The van der Waals surface area contributed by atoms with Crippen LogP contribution in [0.5, 0.6) is 0 Å². The third kappa shape index (κ3) is 3.80. The minimum absolute atomic E-state index is 0.0184. The van der Waals surface area contributed by atoms with Gasteiger partial charge in [0, 0.05) is 42.0 Å². The van der Waals surface area contributed by atoms with Crippen LogP contribution >= 0.6 is 23.2 Å². The summed E-state index contributed by atoms with van der Waals surface area (Å²) >= 11 is 12.4. The lowest BCUT2D eigenvalue weighted by Gasteiger charge is -2.34. The largest absolute Gasteiger partial charge is 0.374 e. The molecule has 2 unspecified atom stereocenters. The summed E-state index contributed by atoms with van der Waals surface area (Å²) in [6, 6.07) is 1.86. The molecule has 2 N–H and O–H groups in total. The van der Waals surface area contributed by atoms with Gasteiger partial charge < -0.3 is 10.5 Å². The lowest BCUT2D eigenvalue weighted by Crippen LogP contribution is -2.49. The van der Waals surface area contributed by atoms with Crippen molar-refractivity contribution in [2.75, 3.05) is 19.7 Å². The second-order valence-electron chi connectivity index (χ2n) is 5.02. The Balaban J connectivity index is 2.09. The van der Waals surface area contributed by atoms with Gasteiger partial charge in [-0.05, 0) is 19.9 Å². The lowest BCUT2D eigenvalue weighted by molar-refractivity contribution is -0.0403. The SMILES string of the molecule is Cc1cc(Cl)c(CN2CCOC(C(C)N)C2)c(Cl)n1. The highest BCUT2D eigenvalue weighted by molar-refractivity contribution is 6.35. The molecule has 2 atom stereocenters. The Morgan fingerprint density at radius 2 is 2.32 bits per heavy atom. The molecule has 4 nitrogen and oxygen atoms in total. The van der Waals surface area contributed by atoms with E-state index in [4.69, 9.17) is 33.7 Å². The normalized spacial score (nSPS) is 22.5. The summed E-state index contributed by atoms with van der Waals surface area (Å²) < 4.78 is 5.64. The van der Waals surface area contributed by atoms with E-state index in [1.54, 1.807) is 0 Å². The molecule has 106 valence electrons. The fourth-order valence-electron chi connectivity index (χ4n) is 2.18. The van der Waals surface area contributed by atoms with Crippen molar-refractivity contribution in [3.05, 3.63) is 27.5 Å². The van der Waals surface area contributed by atoms with Gasteiger partial charge in [0.05, 0.1) is 12.7 Å². The number of nitrogens with two attached hydrogens (primary N) is 1. The highest BCUT2D eigenvalue weighted by Crippen LogP contribution is 2.26. The Morgan fingerprint density at radius 3 is 2.95 bits per heavy atom. The maximum Gasteiger partial charge on any atom is 0.135 e. The van der Waals surface area contributed by atoms with Gasteiger partial charge in [-0.1, -0.05) is 23.2 Å². The van der Waals surface area contributed by atoms with Crippen LogP contribution < -0.4 is 5.73 Å². The smallest absolute Gasteiger partial charge is 0.135 e. The van der Waals surface area contributed by atoms with Crippen molar-refractivity contribution in [3.8, 4) is 0 Å². The van der Waals surface area contributed by atoms with Crippen molar-refractivity contribution < 1.29 is 4.74 Å². The zero-order valence-electron chi connectivity index (χ0n) is 11.2. The predicted octanol–water partition coefficient (Wildman–Crippen LogP) is 2.24. The zero-order valence-corrected chi connectivity index (χ0v) is 12.7. The summed E-state index contributed by atoms with van der Waals surface area (Å²) in [5.74, 6) is 0.